The van der Waals surface area contributed by atoms with Crippen LogP contribution in [0.15, 0.2) is 36.4 Å². The fourth-order valence-electron chi connectivity index (χ4n) is 3.57. The Bertz CT molecular complexity index is 894. The molecule has 0 N–H and O–H groups in total. The summed E-state index contributed by atoms with van der Waals surface area (Å²) in [6, 6.07) is 10.1. The van der Waals surface area contributed by atoms with Gasteiger partial charge in [0.1, 0.15) is 11.6 Å². The number of carbonyl (C=O) groups is 3. The number of rotatable bonds is 8. The van der Waals surface area contributed by atoms with Crippen molar-refractivity contribution in [1.29, 1.82) is 0 Å². The summed E-state index contributed by atoms with van der Waals surface area (Å²) in [5, 5.41) is 0. The number of carbonyl (C=O) groups excluding carboxylic acids is 3. The number of amides is 1. The highest BCUT2D eigenvalue weighted by Gasteiger charge is 2.20. The van der Waals surface area contributed by atoms with Gasteiger partial charge in [0.05, 0.1) is 4.88 Å². The first-order valence-electron chi connectivity index (χ1n) is 10.3. The van der Waals surface area contributed by atoms with Crippen LogP contribution >= 0.6 is 11.3 Å². The molecule has 0 radical (unpaired) electrons. The second kappa shape index (κ2) is 10.5. The van der Waals surface area contributed by atoms with E-state index in [1.54, 1.807) is 23.1 Å². The average molecular weight is 431 g/mol. The quantitative estimate of drug-likeness (QED) is 0.588. The lowest BCUT2D eigenvalue weighted by atomic mass is 10.1. The molecule has 1 aromatic heterocycles. The molecule has 160 valence electrons. The molecule has 2 aromatic rings. The Balaban J connectivity index is 1.40. The molecule has 5 nitrogen and oxygen atoms in total. The largest absolute Gasteiger partial charge is 0.370 e. The highest BCUT2D eigenvalue weighted by molar-refractivity contribution is 7.14. The van der Waals surface area contributed by atoms with E-state index in [1.807, 2.05) is 13.0 Å². The van der Waals surface area contributed by atoms with Crippen LogP contribution in [0, 0.1) is 12.7 Å². The highest BCUT2D eigenvalue weighted by Crippen LogP contribution is 2.19. The maximum Gasteiger partial charge on any atom is 0.223 e. The molecule has 1 amide bonds. The van der Waals surface area contributed by atoms with Crippen LogP contribution in [-0.2, 0) is 9.59 Å². The Morgan fingerprint density at radius 3 is 2.33 bits per heavy atom. The van der Waals surface area contributed by atoms with E-state index in [4.69, 9.17) is 0 Å². The van der Waals surface area contributed by atoms with E-state index >= 15 is 0 Å². The molecule has 3 rings (SSSR count). The topological polar surface area (TPSA) is 57.7 Å². The van der Waals surface area contributed by atoms with Crippen molar-refractivity contribution in [3.8, 4) is 0 Å². The summed E-state index contributed by atoms with van der Waals surface area (Å²) in [6.07, 6.45) is 1.56. The lowest BCUT2D eigenvalue weighted by molar-refractivity contribution is -0.133. The minimum absolute atomic E-state index is 0.0128. The predicted molar refractivity (Wildman–Crippen MR) is 117 cm³/mol. The molecule has 2 heterocycles. The van der Waals surface area contributed by atoms with Crippen LogP contribution in [-0.4, -0.2) is 48.6 Å². The monoisotopic (exact) mass is 430 g/mol. The number of halogens is 1. The van der Waals surface area contributed by atoms with Gasteiger partial charge in [0.15, 0.2) is 5.78 Å². The number of Topliss-reactive ketones (excluding diaryl/α,β-unsaturated/α-hetero) is 2. The van der Waals surface area contributed by atoms with Gasteiger partial charge in [-0.15, -0.1) is 11.3 Å². The first-order valence-corrected chi connectivity index (χ1v) is 11.1. The smallest absolute Gasteiger partial charge is 0.223 e. The number of aryl methyl sites for hydroxylation is 1. The van der Waals surface area contributed by atoms with E-state index in [2.05, 4.69) is 4.90 Å². The second-order valence-corrected chi connectivity index (χ2v) is 8.86. The number of hydrogen-bond donors (Lipinski definition) is 0. The Kier molecular flexibility index (Phi) is 7.74. The van der Waals surface area contributed by atoms with E-state index in [0.717, 1.165) is 23.5 Å². The van der Waals surface area contributed by atoms with Crippen LogP contribution in [0.2, 0.25) is 0 Å². The van der Waals surface area contributed by atoms with Crippen LogP contribution < -0.4 is 4.90 Å². The van der Waals surface area contributed by atoms with Crippen LogP contribution in [0.25, 0.3) is 0 Å². The number of ketones is 2. The lowest BCUT2D eigenvalue weighted by Gasteiger charge is -2.23. The van der Waals surface area contributed by atoms with Gasteiger partial charge >= 0.3 is 0 Å². The molecule has 0 aliphatic carbocycles. The molecule has 0 atom stereocenters. The molecular weight excluding hydrogens is 403 g/mol. The van der Waals surface area contributed by atoms with Gasteiger partial charge in [0, 0.05) is 62.4 Å². The van der Waals surface area contributed by atoms with E-state index in [-0.39, 0.29) is 49.0 Å². The van der Waals surface area contributed by atoms with Gasteiger partial charge in [0.25, 0.3) is 0 Å². The maximum absolute atomic E-state index is 13.1. The number of benzene rings is 1. The summed E-state index contributed by atoms with van der Waals surface area (Å²) in [4.78, 5) is 42.5. The summed E-state index contributed by atoms with van der Waals surface area (Å²) in [5.41, 5.74) is 0.950. The molecule has 1 fully saturated rings. The van der Waals surface area contributed by atoms with Crippen LogP contribution in [0.5, 0.6) is 0 Å². The van der Waals surface area contributed by atoms with Gasteiger partial charge in [-0.05, 0) is 49.7 Å². The Morgan fingerprint density at radius 2 is 1.63 bits per heavy atom. The number of nitrogens with zero attached hydrogens (tertiary/aromatic N) is 2. The summed E-state index contributed by atoms with van der Waals surface area (Å²) in [6.45, 7) is 4.67. The molecule has 1 aliphatic rings. The molecule has 30 heavy (non-hydrogen) atoms. The average Bonchev–Trinajstić information content (AvgIpc) is 3.03. The Labute approximate surface area is 180 Å². The minimum atomic E-state index is -0.262. The third-order valence-electron chi connectivity index (χ3n) is 5.30. The van der Waals surface area contributed by atoms with Crippen molar-refractivity contribution in [2.75, 3.05) is 31.1 Å². The zero-order valence-corrected chi connectivity index (χ0v) is 18.0. The third-order valence-corrected chi connectivity index (χ3v) is 6.35. The number of hydrogen-bond acceptors (Lipinski definition) is 5. The van der Waals surface area contributed by atoms with Crippen molar-refractivity contribution in [3.05, 3.63) is 52.0 Å². The standard InChI is InChI=1S/C23H27FN2O3S/c1-17-3-11-22(30-17)21(28)10-8-20(27)9-12-23(29)26-14-2-13-25(15-16-26)19-6-4-18(24)5-7-19/h3-7,11H,2,8-10,12-16H2,1H3. The molecule has 1 aliphatic heterocycles. The molecule has 0 bridgehead atoms. The van der Waals surface area contributed by atoms with Crippen molar-refractivity contribution >= 4 is 34.5 Å². The summed E-state index contributed by atoms with van der Waals surface area (Å²) >= 11 is 1.44. The minimum Gasteiger partial charge on any atom is -0.370 e. The zero-order valence-electron chi connectivity index (χ0n) is 17.2. The molecule has 0 saturated carbocycles. The van der Waals surface area contributed by atoms with Crippen molar-refractivity contribution in [2.24, 2.45) is 0 Å². The number of thiophene rings is 1. The lowest BCUT2D eigenvalue weighted by Crippen LogP contribution is -2.35. The molecular formula is C23H27FN2O3S. The Hall–Kier alpha value is -2.54. The fourth-order valence-corrected chi connectivity index (χ4v) is 4.40. The summed E-state index contributed by atoms with van der Waals surface area (Å²) < 4.78 is 13.1. The van der Waals surface area contributed by atoms with E-state index in [0.29, 0.717) is 24.5 Å². The van der Waals surface area contributed by atoms with E-state index in [1.165, 1.54) is 23.5 Å². The SMILES string of the molecule is Cc1ccc(C(=O)CCC(=O)CCC(=O)N2CCCN(c3ccc(F)cc3)CC2)s1. The van der Waals surface area contributed by atoms with Crippen molar-refractivity contribution in [1.82, 2.24) is 4.90 Å². The first-order chi connectivity index (χ1) is 14.4. The second-order valence-electron chi connectivity index (χ2n) is 7.57. The molecule has 1 aromatic carbocycles. The van der Waals surface area contributed by atoms with Gasteiger partial charge < -0.3 is 9.80 Å². The highest BCUT2D eigenvalue weighted by atomic mass is 32.1. The van der Waals surface area contributed by atoms with E-state index in [9.17, 15) is 18.8 Å². The van der Waals surface area contributed by atoms with Crippen molar-refractivity contribution < 1.29 is 18.8 Å². The van der Waals surface area contributed by atoms with Gasteiger partial charge in [-0.1, -0.05) is 0 Å². The molecule has 0 unspecified atom stereocenters. The van der Waals surface area contributed by atoms with Crippen molar-refractivity contribution in [2.45, 2.75) is 39.0 Å². The Morgan fingerprint density at radius 1 is 0.900 bits per heavy atom. The third kappa shape index (κ3) is 6.23. The maximum atomic E-state index is 13.1. The van der Waals surface area contributed by atoms with Gasteiger partial charge in [-0.2, -0.15) is 0 Å². The molecule has 0 spiro atoms. The van der Waals surface area contributed by atoms with Crippen molar-refractivity contribution in [3.63, 3.8) is 0 Å². The fraction of sp³-hybridized carbons (Fsp3) is 0.435. The first kappa shape index (κ1) is 22.2. The van der Waals surface area contributed by atoms with Crippen LogP contribution in [0.4, 0.5) is 10.1 Å². The predicted octanol–water partition coefficient (Wildman–Crippen LogP) is 4.25. The normalized spacial score (nSPS) is 14.5. The van der Waals surface area contributed by atoms with Gasteiger partial charge in [0.2, 0.25) is 5.91 Å². The summed E-state index contributed by atoms with van der Waals surface area (Å²) in [7, 11) is 0. The van der Waals surface area contributed by atoms with Crippen LogP contribution in [0.3, 0.4) is 0 Å². The number of anilines is 1. The van der Waals surface area contributed by atoms with Crippen LogP contribution in [0.1, 0.15) is 46.7 Å². The summed E-state index contributed by atoms with van der Waals surface area (Å²) in [5.74, 6) is -0.347. The van der Waals surface area contributed by atoms with Gasteiger partial charge in [-0.25, -0.2) is 4.39 Å². The van der Waals surface area contributed by atoms with E-state index < -0.39 is 0 Å². The zero-order chi connectivity index (χ0) is 21.5. The molecule has 1 saturated heterocycles. The molecule has 7 heteroatoms. The van der Waals surface area contributed by atoms with Gasteiger partial charge in [-0.3, -0.25) is 14.4 Å².